The van der Waals surface area contributed by atoms with E-state index in [0.29, 0.717) is 0 Å². The van der Waals surface area contributed by atoms with Gasteiger partial charge in [-0.05, 0) is 17.8 Å². The average molecular weight is 202 g/mol. The van der Waals surface area contributed by atoms with Crippen molar-refractivity contribution < 1.29 is 0 Å². The molecule has 0 amide bonds. The zero-order valence-electron chi connectivity index (χ0n) is 7.16. The van der Waals surface area contributed by atoms with E-state index in [-0.39, 0.29) is 0 Å². The van der Waals surface area contributed by atoms with Crippen molar-refractivity contribution in [2.75, 3.05) is 0 Å². The SMILES string of the molecule is C1=Nn2cnnc2Sc2ccccc21. The van der Waals surface area contributed by atoms with Gasteiger partial charge in [-0.3, -0.25) is 0 Å². The van der Waals surface area contributed by atoms with Crippen molar-refractivity contribution in [2.24, 2.45) is 5.10 Å². The quantitative estimate of drug-likeness (QED) is 0.556. The number of rotatable bonds is 0. The highest BCUT2D eigenvalue weighted by molar-refractivity contribution is 7.99. The molecule has 0 N–H and O–H groups in total. The Balaban J connectivity index is 2.19. The fourth-order valence-electron chi connectivity index (χ4n) is 1.27. The maximum absolute atomic E-state index is 4.23. The number of aromatic nitrogens is 3. The summed E-state index contributed by atoms with van der Waals surface area (Å²) in [7, 11) is 0. The Bertz CT molecular complexity index is 503. The third-order valence-corrected chi connectivity index (χ3v) is 2.98. The maximum atomic E-state index is 4.23. The number of benzene rings is 1. The molecule has 3 rings (SSSR count). The second kappa shape index (κ2) is 2.95. The van der Waals surface area contributed by atoms with Crippen LogP contribution in [0, 0.1) is 0 Å². The number of nitrogens with zero attached hydrogens (tertiary/aromatic N) is 4. The van der Waals surface area contributed by atoms with E-state index in [1.54, 1.807) is 22.8 Å². The highest BCUT2D eigenvalue weighted by Crippen LogP contribution is 2.29. The minimum atomic E-state index is 0.797. The highest BCUT2D eigenvalue weighted by atomic mass is 32.2. The second-order valence-corrected chi connectivity index (χ2v) is 3.85. The summed E-state index contributed by atoms with van der Waals surface area (Å²) in [6.07, 6.45) is 3.42. The zero-order valence-corrected chi connectivity index (χ0v) is 7.98. The first kappa shape index (κ1) is 7.75. The van der Waals surface area contributed by atoms with E-state index in [1.807, 2.05) is 24.4 Å². The molecule has 5 heteroatoms. The zero-order chi connectivity index (χ0) is 9.38. The van der Waals surface area contributed by atoms with Crippen LogP contribution in [0.3, 0.4) is 0 Å². The Morgan fingerprint density at radius 2 is 2.14 bits per heavy atom. The number of hydrogen-bond donors (Lipinski definition) is 0. The van der Waals surface area contributed by atoms with Crippen LogP contribution in [0.25, 0.3) is 0 Å². The van der Waals surface area contributed by atoms with Gasteiger partial charge in [0.25, 0.3) is 0 Å². The maximum Gasteiger partial charge on any atom is 0.216 e. The Morgan fingerprint density at radius 3 is 3.14 bits per heavy atom. The summed E-state index contributed by atoms with van der Waals surface area (Å²) < 4.78 is 1.67. The Kier molecular flexibility index (Phi) is 1.63. The van der Waals surface area contributed by atoms with Gasteiger partial charge in [0, 0.05) is 10.5 Å². The summed E-state index contributed by atoms with van der Waals surface area (Å²) in [4.78, 5) is 1.16. The number of fused-ring (bicyclic) bond motifs is 2. The van der Waals surface area contributed by atoms with Gasteiger partial charge in [-0.1, -0.05) is 18.2 Å². The van der Waals surface area contributed by atoms with Crippen LogP contribution in [0.2, 0.25) is 0 Å². The minimum absolute atomic E-state index is 0.797. The van der Waals surface area contributed by atoms with E-state index < -0.39 is 0 Å². The first-order valence-electron chi connectivity index (χ1n) is 4.15. The number of hydrogen-bond acceptors (Lipinski definition) is 4. The van der Waals surface area contributed by atoms with Crippen molar-refractivity contribution in [2.45, 2.75) is 10.1 Å². The summed E-state index contributed by atoms with van der Waals surface area (Å²) in [5.74, 6) is 0. The summed E-state index contributed by atoms with van der Waals surface area (Å²) in [6.45, 7) is 0. The molecule has 0 unspecified atom stereocenters. The lowest BCUT2D eigenvalue weighted by molar-refractivity contribution is 0.770. The molecule has 1 aromatic carbocycles. The van der Waals surface area contributed by atoms with Gasteiger partial charge in [-0.2, -0.15) is 9.78 Å². The average Bonchev–Trinajstić information content (AvgIpc) is 2.58. The molecule has 1 aliphatic heterocycles. The van der Waals surface area contributed by atoms with Crippen molar-refractivity contribution in [1.29, 1.82) is 0 Å². The fraction of sp³-hybridized carbons (Fsp3) is 0. The van der Waals surface area contributed by atoms with E-state index in [9.17, 15) is 0 Å². The molecular formula is C9H6N4S. The van der Waals surface area contributed by atoms with Crippen LogP contribution >= 0.6 is 11.8 Å². The van der Waals surface area contributed by atoms with Gasteiger partial charge in [0.05, 0.1) is 6.21 Å². The van der Waals surface area contributed by atoms with Gasteiger partial charge in [-0.15, -0.1) is 10.2 Å². The molecule has 0 saturated carbocycles. The van der Waals surface area contributed by atoms with E-state index in [0.717, 1.165) is 15.6 Å². The predicted octanol–water partition coefficient (Wildman–Crippen LogP) is 1.62. The van der Waals surface area contributed by atoms with Crippen LogP contribution in [0.4, 0.5) is 0 Å². The topological polar surface area (TPSA) is 43.1 Å². The molecule has 14 heavy (non-hydrogen) atoms. The minimum Gasteiger partial charge on any atom is -0.194 e. The van der Waals surface area contributed by atoms with E-state index in [2.05, 4.69) is 21.4 Å². The van der Waals surface area contributed by atoms with Gasteiger partial charge in [0.15, 0.2) is 0 Å². The Hall–Kier alpha value is -1.62. The third-order valence-electron chi connectivity index (χ3n) is 1.94. The van der Waals surface area contributed by atoms with E-state index in [1.165, 1.54) is 0 Å². The van der Waals surface area contributed by atoms with Gasteiger partial charge < -0.3 is 0 Å². The summed E-state index contributed by atoms with van der Waals surface area (Å²) >= 11 is 1.57. The highest BCUT2D eigenvalue weighted by Gasteiger charge is 2.11. The molecule has 68 valence electrons. The first-order valence-corrected chi connectivity index (χ1v) is 4.96. The molecular weight excluding hydrogens is 196 g/mol. The molecule has 0 spiro atoms. The van der Waals surface area contributed by atoms with Crippen molar-refractivity contribution in [3.8, 4) is 0 Å². The van der Waals surface area contributed by atoms with Gasteiger partial charge >= 0.3 is 0 Å². The van der Waals surface area contributed by atoms with Crippen LogP contribution in [0.1, 0.15) is 5.56 Å². The van der Waals surface area contributed by atoms with Crippen LogP contribution in [0.5, 0.6) is 0 Å². The summed E-state index contributed by atoms with van der Waals surface area (Å²) in [6, 6.07) is 8.09. The van der Waals surface area contributed by atoms with Gasteiger partial charge in [-0.25, -0.2) is 0 Å². The standard InChI is InChI=1S/C9H6N4S/c1-2-4-8-7(3-1)5-11-13-6-10-12-9(13)14-8/h1-6H. The molecule has 0 bridgehead atoms. The first-order chi connectivity index (χ1) is 6.93. The smallest absolute Gasteiger partial charge is 0.194 e. The van der Waals surface area contributed by atoms with Crippen LogP contribution < -0.4 is 0 Å². The van der Waals surface area contributed by atoms with E-state index in [4.69, 9.17) is 0 Å². The fourth-order valence-corrected chi connectivity index (χ4v) is 2.13. The molecule has 1 aliphatic rings. The summed E-state index contributed by atoms with van der Waals surface area (Å²) in [5, 5.41) is 12.8. The molecule has 2 aromatic rings. The molecule has 0 saturated heterocycles. The largest absolute Gasteiger partial charge is 0.216 e. The van der Waals surface area contributed by atoms with Crippen LogP contribution in [-0.2, 0) is 0 Å². The monoisotopic (exact) mass is 202 g/mol. The molecule has 0 fully saturated rings. The predicted molar refractivity (Wildman–Crippen MR) is 53.6 cm³/mol. The van der Waals surface area contributed by atoms with Gasteiger partial charge in [0.2, 0.25) is 5.16 Å². The molecule has 4 nitrogen and oxygen atoms in total. The lowest BCUT2D eigenvalue weighted by atomic mass is 10.2. The van der Waals surface area contributed by atoms with Crippen molar-refractivity contribution in [3.63, 3.8) is 0 Å². The van der Waals surface area contributed by atoms with Crippen molar-refractivity contribution >= 4 is 18.0 Å². The second-order valence-electron chi connectivity index (χ2n) is 2.84. The Labute approximate surface area is 84.7 Å². The molecule has 0 aliphatic carbocycles. The lowest BCUT2D eigenvalue weighted by Crippen LogP contribution is -1.86. The van der Waals surface area contributed by atoms with Crippen molar-refractivity contribution in [1.82, 2.24) is 14.9 Å². The normalized spacial score (nSPS) is 13.1. The Morgan fingerprint density at radius 1 is 1.21 bits per heavy atom. The lowest BCUT2D eigenvalue weighted by Gasteiger charge is -1.98. The van der Waals surface area contributed by atoms with E-state index >= 15 is 0 Å². The van der Waals surface area contributed by atoms with Crippen LogP contribution in [-0.4, -0.2) is 21.1 Å². The third kappa shape index (κ3) is 1.13. The molecule has 1 aromatic heterocycles. The van der Waals surface area contributed by atoms with Crippen molar-refractivity contribution in [3.05, 3.63) is 36.2 Å². The molecule has 0 atom stereocenters. The van der Waals surface area contributed by atoms with Gasteiger partial charge in [0.1, 0.15) is 6.33 Å². The van der Waals surface area contributed by atoms with Crippen LogP contribution in [0.15, 0.2) is 45.7 Å². The summed E-state index contributed by atoms with van der Waals surface area (Å²) in [5.41, 5.74) is 1.11. The molecule has 2 heterocycles. The molecule has 0 radical (unpaired) electrons.